The Bertz CT molecular complexity index is 763. The van der Waals surface area contributed by atoms with E-state index in [1.54, 1.807) is 0 Å². The van der Waals surface area contributed by atoms with E-state index >= 15 is 0 Å². The second kappa shape index (κ2) is 9.44. The molecule has 1 aliphatic heterocycles. The number of rotatable bonds is 8. The van der Waals surface area contributed by atoms with Crippen LogP contribution in [0.5, 0.6) is 5.75 Å². The Labute approximate surface area is 161 Å². The van der Waals surface area contributed by atoms with Crippen LogP contribution < -0.4 is 15.4 Å². The largest absolute Gasteiger partial charge is 0.493 e. The Morgan fingerprint density at radius 2 is 2.11 bits per heavy atom. The lowest BCUT2D eigenvalue weighted by Crippen LogP contribution is -2.38. The number of aryl methyl sites for hydroxylation is 2. The van der Waals surface area contributed by atoms with Gasteiger partial charge >= 0.3 is 0 Å². The van der Waals surface area contributed by atoms with Gasteiger partial charge in [-0.3, -0.25) is 4.99 Å². The van der Waals surface area contributed by atoms with Crippen molar-refractivity contribution in [1.29, 1.82) is 0 Å². The molecule has 1 aromatic carbocycles. The molecular weight excluding hydrogens is 340 g/mol. The second-order valence-corrected chi connectivity index (χ2v) is 6.88. The summed E-state index contributed by atoms with van der Waals surface area (Å²) < 4.78 is 10.8. The maximum absolute atomic E-state index is 5.57. The van der Waals surface area contributed by atoms with E-state index in [4.69, 9.17) is 9.26 Å². The number of nitrogens with one attached hydrogen (secondary N) is 2. The number of benzene rings is 1. The first kappa shape index (κ1) is 19.3. The van der Waals surface area contributed by atoms with Crippen molar-refractivity contribution in [3.63, 3.8) is 0 Å². The zero-order valence-corrected chi connectivity index (χ0v) is 16.6. The monoisotopic (exact) mass is 370 g/mol. The van der Waals surface area contributed by atoms with Crippen molar-refractivity contribution in [2.75, 3.05) is 26.2 Å². The molecule has 1 aliphatic rings. The number of aliphatic imine (C=N–C) groups is 1. The Kier molecular flexibility index (Phi) is 6.74. The van der Waals surface area contributed by atoms with E-state index in [0.717, 1.165) is 75.1 Å². The SMILES string of the molecule is CCNC(=NCCCc1c(C)noc1C)NCCc1ccc2c(c1)CCO2. The molecule has 2 N–H and O–H groups in total. The average Bonchev–Trinajstić information content (AvgIpc) is 3.25. The molecular formula is C21H30N4O2. The van der Waals surface area contributed by atoms with Gasteiger partial charge in [-0.15, -0.1) is 0 Å². The van der Waals surface area contributed by atoms with Crippen LogP contribution in [0.4, 0.5) is 0 Å². The molecule has 0 fully saturated rings. The van der Waals surface area contributed by atoms with Crippen LogP contribution in [0.25, 0.3) is 0 Å². The van der Waals surface area contributed by atoms with E-state index in [9.17, 15) is 0 Å². The maximum atomic E-state index is 5.57. The summed E-state index contributed by atoms with van der Waals surface area (Å²) in [6.45, 7) is 9.34. The van der Waals surface area contributed by atoms with Gasteiger partial charge in [0.15, 0.2) is 5.96 Å². The van der Waals surface area contributed by atoms with Gasteiger partial charge in [0.25, 0.3) is 0 Å². The van der Waals surface area contributed by atoms with Crippen molar-refractivity contribution in [3.8, 4) is 5.75 Å². The fourth-order valence-electron chi connectivity index (χ4n) is 3.37. The highest BCUT2D eigenvalue weighted by atomic mass is 16.5. The summed E-state index contributed by atoms with van der Waals surface area (Å²) in [6, 6.07) is 6.50. The summed E-state index contributed by atoms with van der Waals surface area (Å²) in [7, 11) is 0. The van der Waals surface area contributed by atoms with Crippen molar-refractivity contribution in [1.82, 2.24) is 15.8 Å². The molecule has 0 aliphatic carbocycles. The number of aromatic nitrogens is 1. The minimum absolute atomic E-state index is 0.773. The fourth-order valence-corrected chi connectivity index (χ4v) is 3.37. The van der Waals surface area contributed by atoms with Crippen LogP contribution in [0.2, 0.25) is 0 Å². The molecule has 0 amide bonds. The lowest BCUT2D eigenvalue weighted by molar-refractivity contribution is 0.357. The Balaban J connectivity index is 1.44. The standard InChI is InChI=1S/C21H30N4O2/c1-4-22-21(23-11-5-6-19-15(2)25-27-16(19)3)24-12-9-17-7-8-20-18(14-17)10-13-26-20/h7-8,14H,4-6,9-13H2,1-3H3,(H2,22,23,24). The number of fused-ring (bicyclic) bond motifs is 1. The van der Waals surface area contributed by atoms with Gasteiger partial charge in [0.05, 0.1) is 12.3 Å². The molecule has 0 saturated heterocycles. The van der Waals surface area contributed by atoms with Crippen molar-refractivity contribution in [2.45, 2.75) is 46.5 Å². The van der Waals surface area contributed by atoms with Crippen LogP contribution in [0, 0.1) is 13.8 Å². The highest BCUT2D eigenvalue weighted by molar-refractivity contribution is 5.79. The minimum Gasteiger partial charge on any atom is -0.493 e. The van der Waals surface area contributed by atoms with Crippen molar-refractivity contribution in [2.24, 2.45) is 4.99 Å². The summed E-state index contributed by atoms with van der Waals surface area (Å²) in [5.41, 5.74) is 4.86. The van der Waals surface area contributed by atoms with Crippen LogP contribution in [0.1, 0.15) is 41.5 Å². The van der Waals surface area contributed by atoms with Crippen LogP contribution in [0.15, 0.2) is 27.7 Å². The first-order chi connectivity index (χ1) is 13.2. The molecule has 27 heavy (non-hydrogen) atoms. The second-order valence-electron chi connectivity index (χ2n) is 6.88. The third-order valence-corrected chi connectivity index (χ3v) is 4.84. The molecule has 0 bridgehead atoms. The molecule has 0 atom stereocenters. The predicted octanol–water partition coefficient (Wildman–Crippen LogP) is 2.96. The van der Waals surface area contributed by atoms with E-state index in [1.165, 1.54) is 16.7 Å². The van der Waals surface area contributed by atoms with Crippen LogP contribution in [0.3, 0.4) is 0 Å². The zero-order valence-electron chi connectivity index (χ0n) is 16.6. The quantitative estimate of drug-likeness (QED) is 0.425. The molecule has 0 radical (unpaired) electrons. The number of nitrogens with zero attached hydrogens (tertiary/aromatic N) is 2. The summed E-state index contributed by atoms with van der Waals surface area (Å²) in [5.74, 6) is 2.84. The maximum Gasteiger partial charge on any atom is 0.191 e. The van der Waals surface area contributed by atoms with Gasteiger partial charge in [-0.2, -0.15) is 0 Å². The number of hydrogen-bond donors (Lipinski definition) is 2. The Morgan fingerprint density at radius 1 is 1.22 bits per heavy atom. The van der Waals surface area contributed by atoms with E-state index in [0.29, 0.717) is 0 Å². The van der Waals surface area contributed by atoms with E-state index in [-0.39, 0.29) is 0 Å². The molecule has 1 aromatic heterocycles. The Morgan fingerprint density at radius 3 is 2.89 bits per heavy atom. The van der Waals surface area contributed by atoms with Gasteiger partial charge in [0.1, 0.15) is 11.5 Å². The molecule has 2 aromatic rings. The van der Waals surface area contributed by atoms with E-state index in [1.807, 2.05) is 13.8 Å². The van der Waals surface area contributed by atoms with Crippen LogP contribution >= 0.6 is 0 Å². The van der Waals surface area contributed by atoms with Crippen LogP contribution in [-0.4, -0.2) is 37.4 Å². The van der Waals surface area contributed by atoms with Gasteiger partial charge in [-0.05, 0) is 57.2 Å². The summed E-state index contributed by atoms with van der Waals surface area (Å²) in [5, 5.41) is 10.8. The third kappa shape index (κ3) is 5.25. The highest BCUT2D eigenvalue weighted by Crippen LogP contribution is 2.25. The Hall–Kier alpha value is -2.50. The number of hydrogen-bond acceptors (Lipinski definition) is 4. The molecule has 6 heteroatoms. The molecule has 3 rings (SSSR count). The zero-order chi connectivity index (χ0) is 19.1. The predicted molar refractivity (Wildman–Crippen MR) is 108 cm³/mol. The fraction of sp³-hybridized carbons (Fsp3) is 0.524. The molecule has 0 unspecified atom stereocenters. The third-order valence-electron chi connectivity index (χ3n) is 4.84. The molecule has 146 valence electrons. The first-order valence-corrected chi connectivity index (χ1v) is 9.86. The van der Waals surface area contributed by atoms with Crippen molar-refractivity contribution < 1.29 is 9.26 Å². The van der Waals surface area contributed by atoms with Gasteiger partial charge < -0.3 is 19.9 Å². The summed E-state index contributed by atoms with van der Waals surface area (Å²) in [6.07, 6.45) is 3.91. The van der Waals surface area contributed by atoms with E-state index in [2.05, 4.69) is 45.9 Å². The van der Waals surface area contributed by atoms with Gasteiger partial charge in [0, 0.05) is 31.6 Å². The first-order valence-electron chi connectivity index (χ1n) is 9.86. The highest BCUT2D eigenvalue weighted by Gasteiger charge is 2.12. The topological polar surface area (TPSA) is 71.7 Å². The average molecular weight is 370 g/mol. The minimum atomic E-state index is 0.773. The van der Waals surface area contributed by atoms with Gasteiger partial charge in [0.2, 0.25) is 0 Å². The lowest BCUT2D eigenvalue weighted by atomic mass is 10.1. The van der Waals surface area contributed by atoms with Gasteiger partial charge in [-0.25, -0.2) is 0 Å². The van der Waals surface area contributed by atoms with Gasteiger partial charge in [-0.1, -0.05) is 17.3 Å². The van der Waals surface area contributed by atoms with Crippen molar-refractivity contribution >= 4 is 5.96 Å². The molecule has 0 spiro atoms. The lowest BCUT2D eigenvalue weighted by Gasteiger charge is -2.11. The number of guanidine groups is 1. The molecule has 0 saturated carbocycles. The van der Waals surface area contributed by atoms with Crippen molar-refractivity contribution in [3.05, 3.63) is 46.3 Å². The molecule has 2 heterocycles. The summed E-state index contributed by atoms with van der Waals surface area (Å²) in [4.78, 5) is 4.68. The van der Waals surface area contributed by atoms with E-state index < -0.39 is 0 Å². The number of ether oxygens (including phenoxy) is 1. The molecule has 6 nitrogen and oxygen atoms in total. The smallest absolute Gasteiger partial charge is 0.191 e. The normalized spacial score (nSPS) is 13.4. The van der Waals surface area contributed by atoms with Crippen LogP contribution in [-0.2, 0) is 19.3 Å². The summed E-state index contributed by atoms with van der Waals surface area (Å²) >= 11 is 0.